The van der Waals surface area contributed by atoms with Crippen LogP contribution in [-0.4, -0.2) is 4.57 Å². The molecule has 0 N–H and O–H groups in total. The number of benzene rings is 8. The molecule has 314 valence electrons. The molecule has 4 aliphatic rings. The molecule has 64 heavy (non-hydrogen) atoms. The van der Waals surface area contributed by atoms with E-state index >= 15 is 0 Å². The summed E-state index contributed by atoms with van der Waals surface area (Å²) in [4.78, 5) is 4.95. The number of para-hydroxylation sites is 3. The normalized spacial score (nSPS) is 20.0. The Morgan fingerprint density at radius 1 is 0.422 bits per heavy atom. The summed E-state index contributed by atoms with van der Waals surface area (Å²) in [5, 5.41) is 2.48. The Labute approximate surface area is 378 Å². The quantitative estimate of drug-likeness (QED) is 0.136. The van der Waals surface area contributed by atoms with Crippen LogP contribution < -0.4 is 9.80 Å². The second kappa shape index (κ2) is 15.7. The summed E-state index contributed by atoms with van der Waals surface area (Å²) < 4.78 is 2.40. The van der Waals surface area contributed by atoms with Crippen LogP contribution in [0.3, 0.4) is 0 Å². The van der Waals surface area contributed by atoms with Crippen LogP contribution in [0.2, 0.25) is 0 Å². The third-order valence-electron chi connectivity index (χ3n) is 15.1. The van der Waals surface area contributed by atoms with Crippen LogP contribution in [0.1, 0.15) is 69.4 Å². The smallest absolute Gasteiger partial charge is 0.0542 e. The highest BCUT2D eigenvalue weighted by atomic mass is 15.2. The zero-order valence-corrected chi connectivity index (χ0v) is 36.9. The average Bonchev–Trinajstić information content (AvgIpc) is 3.66. The lowest BCUT2D eigenvalue weighted by molar-refractivity contribution is -0.00518. The maximum atomic E-state index is 2.50. The first-order valence-electron chi connectivity index (χ1n) is 23.6. The minimum atomic E-state index is 0.309. The minimum absolute atomic E-state index is 0.309. The van der Waals surface area contributed by atoms with Gasteiger partial charge in [0.2, 0.25) is 0 Å². The van der Waals surface area contributed by atoms with Crippen LogP contribution in [0.5, 0.6) is 0 Å². The number of hydrogen-bond donors (Lipinski definition) is 0. The number of hydrogen-bond acceptors (Lipinski definition) is 2. The highest BCUT2D eigenvalue weighted by molar-refractivity contribution is 6.10. The van der Waals surface area contributed by atoms with Crippen molar-refractivity contribution in [1.82, 2.24) is 4.57 Å². The van der Waals surface area contributed by atoms with Gasteiger partial charge in [-0.05, 0) is 181 Å². The lowest BCUT2D eigenvalue weighted by atomic mass is 9.48. The zero-order chi connectivity index (χ0) is 42.8. The van der Waals surface area contributed by atoms with Crippen LogP contribution in [0.25, 0.3) is 38.6 Å². The van der Waals surface area contributed by atoms with E-state index in [-0.39, 0.29) is 0 Å². The maximum absolute atomic E-state index is 2.50. The van der Waals surface area contributed by atoms with Gasteiger partial charge in [-0.2, -0.15) is 0 Å². The fraction of sp³-hybridized carbons (Fsp3) is 0.213. The van der Waals surface area contributed by atoms with Crippen molar-refractivity contribution < 1.29 is 0 Å². The van der Waals surface area contributed by atoms with Crippen molar-refractivity contribution in [3.8, 4) is 16.8 Å². The highest BCUT2D eigenvalue weighted by Gasteiger charge is 2.51. The molecule has 0 saturated heterocycles. The van der Waals surface area contributed by atoms with Crippen molar-refractivity contribution in [2.24, 2.45) is 17.8 Å². The van der Waals surface area contributed by atoms with Crippen molar-refractivity contribution in [3.63, 3.8) is 0 Å². The molecule has 0 atom stereocenters. The van der Waals surface area contributed by atoms with E-state index in [0.717, 1.165) is 46.2 Å². The van der Waals surface area contributed by atoms with Gasteiger partial charge in [-0.3, -0.25) is 0 Å². The summed E-state index contributed by atoms with van der Waals surface area (Å²) in [6.07, 6.45) is 8.50. The monoisotopic (exact) mass is 829 g/mol. The van der Waals surface area contributed by atoms with Gasteiger partial charge in [0.1, 0.15) is 0 Å². The third-order valence-corrected chi connectivity index (χ3v) is 15.1. The maximum Gasteiger partial charge on any atom is 0.0542 e. The third kappa shape index (κ3) is 6.81. The Balaban J connectivity index is 1.02. The molecule has 4 saturated carbocycles. The van der Waals surface area contributed by atoms with Gasteiger partial charge < -0.3 is 14.4 Å². The summed E-state index contributed by atoms with van der Waals surface area (Å²) in [6, 6.07) is 74.5. The molecule has 8 aromatic carbocycles. The van der Waals surface area contributed by atoms with Gasteiger partial charge in [-0.15, -0.1) is 0 Å². The topological polar surface area (TPSA) is 11.4 Å². The van der Waals surface area contributed by atoms with E-state index in [2.05, 4.69) is 228 Å². The van der Waals surface area contributed by atoms with E-state index in [1.54, 1.807) is 5.56 Å². The van der Waals surface area contributed by atoms with Crippen molar-refractivity contribution >= 4 is 55.9 Å². The predicted molar refractivity (Wildman–Crippen MR) is 270 cm³/mol. The lowest BCUT2D eigenvalue weighted by Crippen LogP contribution is -2.48. The second-order valence-electron chi connectivity index (χ2n) is 19.5. The van der Waals surface area contributed by atoms with Crippen LogP contribution in [0.4, 0.5) is 34.1 Å². The molecule has 0 unspecified atom stereocenters. The zero-order valence-electron chi connectivity index (χ0n) is 36.9. The number of fused-ring (bicyclic) bond motifs is 3. The first kappa shape index (κ1) is 38.8. The molecule has 3 nitrogen and oxygen atoms in total. The molecule has 0 amide bonds. The molecule has 0 spiro atoms. The Hall–Kier alpha value is -6.84. The lowest BCUT2D eigenvalue weighted by Gasteiger charge is -2.57. The van der Waals surface area contributed by atoms with E-state index in [1.807, 2.05) is 0 Å². The fourth-order valence-electron chi connectivity index (χ4n) is 12.5. The largest absolute Gasteiger partial charge is 0.310 e. The Morgan fingerprint density at radius 3 is 1.53 bits per heavy atom. The van der Waals surface area contributed by atoms with Crippen molar-refractivity contribution in [3.05, 3.63) is 211 Å². The first-order valence-corrected chi connectivity index (χ1v) is 23.6. The molecular formula is C61H55N3. The van der Waals surface area contributed by atoms with Crippen LogP contribution in [0, 0.1) is 17.8 Å². The summed E-state index contributed by atoms with van der Waals surface area (Å²) in [5.74, 6) is 3.05. The van der Waals surface area contributed by atoms with Gasteiger partial charge >= 0.3 is 0 Å². The summed E-state index contributed by atoms with van der Waals surface area (Å²) in [7, 11) is 0. The minimum Gasteiger partial charge on any atom is -0.310 e. The Bertz CT molecular complexity index is 3060. The summed E-state index contributed by atoms with van der Waals surface area (Å²) >= 11 is 0. The van der Waals surface area contributed by atoms with Crippen molar-refractivity contribution in [1.29, 1.82) is 0 Å². The van der Waals surface area contributed by atoms with E-state index in [9.17, 15) is 0 Å². The molecule has 4 bridgehead atoms. The van der Waals surface area contributed by atoms with E-state index < -0.39 is 0 Å². The number of anilines is 6. The molecular weight excluding hydrogens is 775 g/mol. The molecule has 1 heterocycles. The van der Waals surface area contributed by atoms with E-state index in [4.69, 9.17) is 0 Å². The van der Waals surface area contributed by atoms with Crippen LogP contribution >= 0.6 is 0 Å². The number of nitrogens with zero attached hydrogens (tertiary/aromatic N) is 3. The molecule has 9 aromatic rings. The van der Waals surface area contributed by atoms with Gasteiger partial charge in [-0.25, -0.2) is 0 Å². The standard InChI is InChI=1S/C61H55N3/c1-42(2)48-35-55(37-56(36-48)63(50-16-8-4-9-17-50)54-30-31-60-58(38-54)57-20-12-13-21-59(57)64(60)51-18-10-5-11-19-51)62(52-26-22-47(23-27-52)46-14-6-3-7-15-46)53-28-24-49(25-29-53)61-39-43-32-44(40-61)34-45(33-43)41-61/h3-31,35-38,42-45H,32-34,39-41H2,1-2H3. The van der Waals surface area contributed by atoms with Crippen molar-refractivity contribution in [2.45, 2.75) is 63.7 Å². The van der Waals surface area contributed by atoms with Crippen LogP contribution in [-0.2, 0) is 5.41 Å². The average molecular weight is 830 g/mol. The van der Waals surface area contributed by atoms with Gasteiger partial charge in [0, 0.05) is 50.6 Å². The van der Waals surface area contributed by atoms with Gasteiger partial charge in [0.05, 0.1) is 11.0 Å². The number of rotatable bonds is 10. The first-order chi connectivity index (χ1) is 31.5. The van der Waals surface area contributed by atoms with Crippen LogP contribution in [0.15, 0.2) is 200 Å². The Morgan fingerprint density at radius 2 is 0.906 bits per heavy atom. The number of aromatic nitrogens is 1. The van der Waals surface area contributed by atoms with Gasteiger partial charge in [-0.1, -0.05) is 123 Å². The van der Waals surface area contributed by atoms with Gasteiger partial charge in [0.15, 0.2) is 0 Å². The molecule has 3 heteroatoms. The van der Waals surface area contributed by atoms with Crippen molar-refractivity contribution in [2.75, 3.05) is 9.80 Å². The summed E-state index contributed by atoms with van der Waals surface area (Å²) in [5.41, 5.74) is 16.1. The molecule has 13 rings (SSSR count). The summed E-state index contributed by atoms with van der Waals surface area (Å²) in [6.45, 7) is 4.64. The molecule has 0 radical (unpaired) electrons. The molecule has 1 aromatic heterocycles. The van der Waals surface area contributed by atoms with E-state index in [1.165, 1.54) is 88.4 Å². The fourth-order valence-corrected chi connectivity index (χ4v) is 12.5. The van der Waals surface area contributed by atoms with Gasteiger partial charge in [0.25, 0.3) is 0 Å². The SMILES string of the molecule is CC(C)c1cc(N(c2ccc(-c3ccccc3)cc2)c2ccc(C34CC5CC(CC(C5)C3)C4)cc2)cc(N(c2ccccc2)c2ccc3c(c2)c2ccccc2n3-c2ccccc2)c1. The Kier molecular flexibility index (Phi) is 9.55. The second-order valence-corrected chi connectivity index (χ2v) is 19.5. The predicted octanol–water partition coefficient (Wildman–Crippen LogP) is 17.0. The van der Waals surface area contributed by atoms with E-state index in [0.29, 0.717) is 11.3 Å². The molecule has 4 fully saturated rings. The molecule has 0 aliphatic heterocycles. The highest BCUT2D eigenvalue weighted by Crippen LogP contribution is 2.61. The molecule has 4 aliphatic carbocycles.